The number of nitrogens with zero attached hydrogens (tertiary/aromatic N) is 2. The summed E-state index contributed by atoms with van der Waals surface area (Å²) in [5.74, 6) is 1.18. The molecule has 0 spiro atoms. The van der Waals surface area contributed by atoms with Crippen LogP contribution in [0.4, 0.5) is 0 Å². The van der Waals surface area contributed by atoms with Crippen LogP contribution < -0.4 is 10.1 Å². The summed E-state index contributed by atoms with van der Waals surface area (Å²) in [7, 11) is 1.61. The highest BCUT2D eigenvalue weighted by Crippen LogP contribution is 2.49. The van der Waals surface area contributed by atoms with Gasteiger partial charge in [-0.2, -0.15) is 0 Å². The molecule has 2 fully saturated rings. The van der Waals surface area contributed by atoms with E-state index in [1.807, 2.05) is 30.3 Å². The maximum atomic E-state index is 12.9. The second kappa shape index (κ2) is 5.91. The molecular weight excluding hydrogens is 322 g/mol. The number of piperazine rings is 1. The number of benzene rings is 1. The molecule has 1 aliphatic carbocycles. The standard InChI is InChI=1S/C18H19N3O4/c1-24-13-4-2-3-12(9-13)14-10-15(20-25-14)18(5-6-18)17(23)21-8-7-19-16(22)11-21/h2-4,9-10H,5-8,11H2,1H3,(H,19,22). The summed E-state index contributed by atoms with van der Waals surface area (Å²) in [6.07, 6.45) is 1.46. The van der Waals surface area contributed by atoms with Crippen LogP contribution in [0.25, 0.3) is 11.3 Å². The van der Waals surface area contributed by atoms with Crippen LogP contribution in [0.3, 0.4) is 0 Å². The summed E-state index contributed by atoms with van der Waals surface area (Å²) in [5.41, 5.74) is 0.845. The van der Waals surface area contributed by atoms with Crippen molar-refractivity contribution >= 4 is 11.8 Å². The van der Waals surface area contributed by atoms with Crippen molar-refractivity contribution in [2.75, 3.05) is 26.7 Å². The number of amides is 2. The van der Waals surface area contributed by atoms with Gasteiger partial charge < -0.3 is 19.5 Å². The van der Waals surface area contributed by atoms with Crippen molar-refractivity contribution in [1.82, 2.24) is 15.4 Å². The molecule has 1 N–H and O–H groups in total. The van der Waals surface area contributed by atoms with E-state index in [1.54, 1.807) is 12.0 Å². The average Bonchev–Trinajstić information content (AvgIpc) is 3.30. The predicted molar refractivity (Wildman–Crippen MR) is 89.0 cm³/mol. The van der Waals surface area contributed by atoms with E-state index in [0.29, 0.717) is 24.5 Å². The lowest BCUT2D eigenvalue weighted by molar-refractivity contribution is -0.140. The molecule has 1 saturated heterocycles. The van der Waals surface area contributed by atoms with Gasteiger partial charge in [0.1, 0.15) is 5.75 Å². The Hall–Kier alpha value is -2.83. The van der Waals surface area contributed by atoms with Gasteiger partial charge in [-0.25, -0.2) is 0 Å². The Balaban J connectivity index is 1.58. The summed E-state index contributed by atoms with van der Waals surface area (Å²) in [4.78, 5) is 26.1. The van der Waals surface area contributed by atoms with Gasteiger partial charge in [0.25, 0.3) is 0 Å². The maximum absolute atomic E-state index is 12.9. The Labute approximate surface area is 144 Å². The van der Waals surface area contributed by atoms with Crippen molar-refractivity contribution in [3.8, 4) is 17.1 Å². The number of carbonyl (C=O) groups is 2. The second-order valence-corrected chi connectivity index (χ2v) is 6.47. The van der Waals surface area contributed by atoms with E-state index >= 15 is 0 Å². The lowest BCUT2D eigenvalue weighted by Gasteiger charge is -2.29. The van der Waals surface area contributed by atoms with Crippen molar-refractivity contribution in [3.63, 3.8) is 0 Å². The number of methoxy groups -OCH3 is 1. The number of ether oxygens (including phenoxy) is 1. The molecule has 2 heterocycles. The van der Waals surface area contributed by atoms with Crippen LogP contribution in [-0.4, -0.2) is 48.6 Å². The second-order valence-electron chi connectivity index (χ2n) is 6.47. The Bertz CT molecular complexity index is 825. The van der Waals surface area contributed by atoms with Gasteiger partial charge in [-0.1, -0.05) is 17.3 Å². The quantitative estimate of drug-likeness (QED) is 0.907. The van der Waals surface area contributed by atoms with Gasteiger partial charge in [-0.15, -0.1) is 0 Å². The smallest absolute Gasteiger partial charge is 0.239 e. The van der Waals surface area contributed by atoms with Crippen LogP contribution in [0.5, 0.6) is 5.75 Å². The van der Waals surface area contributed by atoms with Crippen LogP contribution in [-0.2, 0) is 15.0 Å². The molecule has 7 heteroatoms. The first kappa shape index (κ1) is 15.7. The summed E-state index contributed by atoms with van der Waals surface area (Å²) < 4.78 is 10.7. The van der Waals surface area contributed by atoms with Crippen LogP contribution in [0.2, 0.25) is 0 Å². The number of nitrogens with one attached hydrogen (secondary N) is 1. The molecule has 25 heavy (non-hydrogen) atoms. The molecular formula is C18H19N3O4. The van der Waals surface area contributed by atoms with Gasteiger partial charge in [-0.3, -0.25) is 9.59 Å². The van der Waals surface area contributed by atoms with Gasteiger partial charge in [0.2, 0.25) is 11.8 Å². The lowest BCUT2D eigenvalue weighted by Crippen LogP contribution is -2.52. The van der Waals surface area contributed by atoms with Crippen LogP contribution in [0, 0.1) is 0 Å². The summed E-state index contributed by atoms with van der Waals surface area (Å²) in [6, 6.07) is 9.32. The fourth-order valence-corrected chi connectivity index (χ4v) is 3.23. The van der Waals surface area contributed by atoms with E-state index in [0.717, 1.165) is 24.2 Å². The van der Waals surface area contributed by atoms with Crippen LogP contribution in [0.15, 0.2) is 34.9 Å². The molecule has 0 atom stereocenters. The first-order valence-electron chi connectivity index (χ1n) is 8.30. The first-order valence-corrected chi connectivity index (χ1v) is 8.30. The van der Waals surface area contributed by atoms with Crippen LogP contribution >= 0.6 is 0 Å². The van der Waals surface area contributed by atoms with E-state index in [1.165, 1.54) is 0 Å². The number of carbonyl (C=O) groups excluding carboxylic acids is 2. The number of hydrogen-bond donors (Lipinski definition) is 1. The van der Waals surface area contributed by atoms with Gasteiger partial charge in [0.15, 0.2) is 5.76 Å². The third-order valence-electron chi connectivity index (χ3n) is 4.84. The fraction of sp³-hybridized carbons (Fsp3) is 0.389. The molecule has 1 aromatic carbocycles. The molecule has 1 aliphatic heterocycles. The molecule has 130 valence electrons. The third-order valence-corrected chi connectivity index (χ3v) is 4.84. The summed E-state index contributed by atoms with van der Waals surface area (Å²) in [6.45, 7) is 1.14. The van der Waals surface area contributed by atoms with Gasteiger partial charge in [-0.05, 0) is 25.0 Å². The average molecular weight is 341 g/mol. The molecule has 1 saturated carbocycles. The molecule has 2 aliphatic rings. The molecule has 7 nitrogen and oxygen atoms in total. The van der Waals surface area contributed by atoms with Crippen molar-refractivity contribution < 1.29 is 18.8 Å². The van der Waals surface area contributed by atoms with E-state index in [-0.39, 0.29) is 18.4 Å². The largest absolute Gasteiger partial charge is 0.497 e. The number of aromatic nitrogens is 1. The fourth-order valence-electron chi connectivity index (χ4n) is 3.23. The Morgan fingerprint density at radius 2 is 2.20 bits per heavy atom. The van der Waals surface area contributed by atoms with E-state index in [4.69, 9.17) is 9.26 Å². The van der Waals surface area contributed by atoms with Crippen LogP contribution in [0.1, 0.15) is 18.5 Å². The monoisotopic (exact) mass is 341 g/mol. The zero-order valence-corrected chi connectivity index (χ0v) is 13.9. The zero-order chi connectivity index (χ0) is 17.4. The molecule has 0 unspecified atom stereocenters. The van der Waals surface area contributed by atoms with Gasteiger partial charge in [0.05, 0.1) is 24.8 Å². The molecule has 1 aromatic heterocycles. The molecule has 0 bridgehead atoms. The lowest BCUT2D eigenvalue weighted by atomic mass is 9.99. The highest BCUT2D eigenvalue weighted by molar-refractivity contribution is 5.94. The minimum atomic E-state index is -0.641. The topological polar surface area (TPSA) is 84.7 Å². The Morgan fingerprint density at radius 3 is 2.92 bits per heavy atom. The van der Waals surface area contributed by atoms with E-state index < -0.39 is 5.41 Å². The highest BCUT2D eigenvalue weighted by Gasteiger charge is 2.55. The maximum Gasteiger partial charge on any atom is 0.239 e. The summed E-state index contributed by atoms with van der Waals surface area (Å²) >= 11 is 0. The predicted octanol–water partition coefficient (Wildman–Crippen LogP) is 1.34. The summed E-state index contributed by atoms with van der Waals surface area (Å²) in [5, 5.41) is 6.89. The number of hydrogen-bond acceptors (Lipinski definition) is 5. The van der Waals surface area contributed by atoms with Crippen molar-refractivity contribution in [3.05, 3.63) is 36.0 Å². The van der Waals surface area contributed by atoms with E-state index in [9.17, 15) is 9.59 Å². The Morgan fingerprint density at radius 1 is 1.36 bits per heavy atom. The van der Waals surface area contributed by atoms with Crippen molar-refractivity contribution in [2.45, 2.75) is 18.3 Å². The Kier molecular flexibility index (Phi) is 3.71. The molecule has 0 radical (unpaired) electrons. The normalized spacial score (nSPS) is 18.6. The minimum Gasteiger partial charge on any atom is -0.497 e. The number of rotatable bonds is 4. The molecule has 2 amide bonds. The van der Waals surface area contributed by atoms with Gasteiger partial charge >= 0.3 is 0 Å². The van der Waals surface area contributed by atoms with Crippen molar-refractivity contribution in [2.24, 2.45) is 0 Å². The minimum absolute atomic E-state index is 0.0344. The zero-order valence-electron chi connectivity index (χ0n) is 13.9. The molecule has 4 rings (SSSR count). The van der Waals surface area contributed by atoms with Gasteiger partial charge in [0, 0.05) is 24.7 Å². The first-order chi connectivity index (χ1) is 12.1. The highest BCUT2D eigenvalue weighted by atomic mass is 16.5. The van der Waals surface area contributed by atoms with E-state index in [2.05, 4.69) is 10.5 Å². The van der Waals surface area contributed by atoms with Crippen molar-refractivity contribution in [1.29, 1.82) is 0 Å². The SMILES string of the molecule is COc1cccc(-c2cc(C3(C(=O)N4CCNC(=O)C4)CC3)no2)c1. The third kappa shape index (κ3) is 2.75. The molecule has 2 aromatic rings.